The highest BCUT2D eigenvalue weighted by Crippen LogP contribution is 2.32. The van der Waals surface area contributed by atoms with E-state index in [2.05, 4.69) is 10.1 Å². The van der Waals surface area contributed by atoms with Crippen molar-refractivity contribution in [1.29, 1.82) is 0 Å². The Morgan fingerprint density at radius 1 is 1.30 bits per heavy atom. The normalized spacial score (nSPS) is 11.0. The van der Waals surface area contributed by atoms with Crippen molar-refractivity contribution in [1.82, 2.24) is 4.98 Å². The number of benzene rings is 1. The lowest BCUT2D eigenvalue weighted by Gasteiger charge is -2.04. The van der Waals surface area contributed by atoms with Crippen molar-refractivity contribution >= 4 is 23.1 Å². The molecule has 20 heavy (non-hydrogen) atoms. The predicted molar refractivity (Wildman–Crippen MR) is 75.5 cm³/mol. The fourth-order valence-corrected chi connectivity index (χ4v) is 2.10. The summed E-state index contributed by atoms with van der Waals surface area (Å²) in [4.78, 5) is 19.6. The number of fused-ring (bicyclic) bond motifs is 1. The molecule has 1 heterocycles. The topological polar surface area (TPSA) is 72.9 Å². The zero-order valence-electron chi connectivity index (χ0n) is 11.8. The molecule has 0 aliphatic rings. The van der Waals surface area contributed by atoms with Gasteiger partial charge >= 0.3 is 5.97 Å². The molecule has 2 rings (SSSR count). The van der Waals surface area contributed by atoms with Crippen LogP contribution in [0.1, 0.15) is 21.6 Å². The summed E-state index contributed by atoms with van der Waals surface area (Å²) < 4.78 is 10.1. The summed E-state index contributed by atoms with van der Waals surface area (Å²) in [7, 11) is 4.34. The number of oxime groups is 1. The summed E-state index contributed by atoms with van der Waals surface area (Å²) in [5.41, 5.74) is 2.69. The molecule has 6 heteroatoms. The summed E-state index contributed by atoms with van der Waals surface area (Å²) in [6.45, 7) is 1.94. The number of ether oxygens (including phenoxy) is 2. The molecule has 0 saturated carbocycles. The van der Waals surface area contributed by atoms with Crippen LogP contribution in [0.2, 0.25) is 0 Å². The van der Waals surface area contributed by atoms with E-state index in [1.54, 1.807) is 7.11 Å². The van der Waals surface area contributed by atoms with Crippen LogP contribution in [0.5, 0.6) is 5.75 Å². The highest BCUT2D eigenvalue weighted by atomic mass is 16.6. The third-order valence-electron chi connectivity index (χ3n) is 3.06. The molecule has 0 bridgehead atoms. The molecule has 0 aliphatic carbocycles. The highest BCUT2D eigenvalue weighted by molar-refractivity contribution is 6.11. The number of nitrogens with one attached hydrogen (secondary N) is 1. The Hall–Kier alpha value is -2.50. The number of H-pyrrole nitrogens is 1. The number of nitrogens with zero attached hydrogens (tertiary/aromatic N) is 1. The fraction of sp³-hybridized carbons (Fsp3) is 0.286. The van der Waals surface area contributed by atoms with Crippen LogP contribution in [-0.2, 0) is 9.57 Å². The van der Waals surface area contributed by atoms with Crippen LogP contribution in [-0.4, -0.2) is 38.5 Å². The Labute approximate surface area is 116 Å². The van der Waals surface area contributed by atoms with E-state index in [1.165, 1.54) is 20.4 Å². The van der Waals surface area contributed by atoms with Gasteiger partial charge in [-0.3, -0.25) is 0 Å². The quantitative estimate of drug-likeness (QED) is 0.528. The summed E-state index contributed by atoms with van der Waals surface area (Å²) in [6.07, 6.45) is 1.47. The average Bonchev–Trinajstić information content (AvgIpc) is 2.85. The first-order valence-corrected chi connectivity index (χ1v) is 5.98. The van der Waals surface area contributed by atoms with E-state index in [9.17, 15) is 4.79 Å². The van der Waals surface area contributed by atoms with Gasteiger partial charge in [-0.2, -0.15) is 0 Å². The van der Waals surface area contributed by atoms with Crippen LogP contribution in [0.3, 0.4) is 0 Å². The summed E-state index contributed by atoms with van der Waals surface area (Å²) >= 11 is 0. The standard InChI is InChI=1S/C14H16N2O4/c1-8-5-6-10(18-2)11-9(7-15-20-4)13(14(17)19-3)16-12(8)11/h5-7,16H,1-4H3/b15-7+. The van der Waals surface area contributed by atoms with Gasteiger partial charge in [-0.05, 0) is 18.6 Å². The molecule has 0 amide bonds. The number of carbonyl (C=O) groups excluding carboxylic acids is 1. The summed E-state index contributed by atoms with van der Waals surface area (Å²) in [5.74, 6) is 0.176. The molecule has 0 unspecified atom stereocenters. The molecule has 1 aromatic carbocycles. The molecule has 0 atom stereocenters. The number of aromatic amines is 1. The molecular weight excluding hydrogens is 260 g/mol. The minimum absolute atomic E-state index is 0.316. The van der Waals surface area contributed by atoms with Gasteiger partial charge in [-0.25, -0.2) is 4.79 Å². The van der Waals surface area contributed by atoms with Gasteiger partial charge in [-0.1, -0.05) is 11.2 Å². The van der Waals surface area contributed by atoms with Crippen molar-refractivity contribution in [2.75, 3.05) is 21.3 Å². The minimum atomic E-state index is -0.472. The fourth-order valence-electron chi connectivity index (χ4n) is 2.10. The third kappa shape index (κ3) is 2.20. The van der Waals surface area contributed by atoms with Crippen LogP contribution in [0, 0.1) is 6.92 Å². The molecular formula is C14H16N2O4. The first kappa shape index (κ1) is 13.9. The van der Waals surface area contributed by atoms with Crippen molar-refractivity contribution in [3.05, 3.63) is 29.0 Å². The third-order valence-corrected chi connectivity index (χ3v) is 3.06. The number of methoxy groups -OCH3 is 2. The number of hydrogen-bond acceptors (Lipinski definition) is 5. The van der Waals surface area contributed by atoms with E-state index in [-0.39, 0.29) is 0 Å². The molecule has 1 aromatic heterocycles. The zero-order chi connectivity index (χ0) is 14.7. The van der Waals surface area contributed by atoms with Crippen LogP contribution >= 0.6 is 0 Å². The highest BCUT2D eigenvalue weighted by Gasteiger charge is 2.21. The molecule has 2 aromatic rings. The van der Waals surface area contributed by atoms with Crippen LogP contribution in [0.25, 0.3) is 10.9 Å². The monoisotopic (exact) mass is 276 g/mol. The number of hydrogen-bond donors (Lipinski definition) is 1. The van der Waals surface area contributed by atoms with Gasteiger partial charge in [0.15, 0.2) is 0 Å². The van der Waals surface area contributed by atoms with Gasteiger partial charge in [0.05, 0.1) is 31.3 Å². The van der Waals surface area contributed by atoms with Crippen molar-refractivity contribution < 1.29 is 19.1 Å². The average molecular weight is 276 g/mol. The smallest absolute Gasteiger partial charge is 0.355 e. The van der Waals surface area contributed by atoms with Crippen molar-refractivity contribution in [2.24, 2.45) is 5.16 Å². The number of aryl methyl sites for hydroxylation is 1. The van der Waals surface area contributed by atoms with E-state index in [1.807, 2.05) is 19.1 Å². The lowest BCUT2D eigenvalue weighted by molar-refractivity contribution is 0.0595. The predicted octanol–water partition coefficient (Wildman–Crippen LogP) is 2.25. The van der Waals surface area contributed by atoms with Crippen LogP contribution in [0.4, 0.5) is 0 Å². The Morgan fingerprint density at radius 2 is 2.05 bits per heavy atom. The van der Waals surface area contributed by atoms with E-state index in [4.69, 9.17) is 14.3 Å². The van der Waals surface area contributed by atoms with Gasteiger partial charge < -0.3 is 19.3 Å². The molecule has 0 saturated heterocycles. The largest absolute Gasteiger partial charge is 0.496 e. The second-order valence-electron chi connectivity index (χ2n) is 4.16. The number of rotatable bonds is 4. The maximum Gasteiger partial charge on any atom is 0.355 e. The summed E-state index contributed by atoms with van der Waals surface area (Å²) in [5, 5.41) is 4.51. The Morgan fingerprint density at radius 3 is 2.65 bits per heavy atom. The van der Waals surface area contributed by atoms with Crippen LogP contribution < -0.4 is 4.74 Å². The van der Waals surface area contributed by atoms with Gasteiger partial charge in [0.1, 0.15) is 18.6 Å². The van der Waals surface area contributed by atoms with Crippen LogP contribution in [0.15, 0.2) is 17.3 Å². The van der Waals surface area contributed by atoms with E-state index in [0.29, 0.717) is 17.0 Å². The first-order chi connectivity index (χ1) is 9.63. The molecule has 0 radical (unpaired) electrons. The molecule has 6 nitrogen and oxygen atoms in total. The molecule has 1 N–H and O–H groups in total. The SMILES string of the molecule is CO/N=C/c1c(C(=O)OC)[nH]c2c(C)ccc(OC)c12. The molecule has 0 spiro atoms. The lowest BCUT2D eigenvalue weighted by atomic mass is 10.1. The number of carbonyl (C=O) groups is 1. The molecule has 0 fully saturated rings. The Bertz CT molecular complexity index is 673. The Balaban J connectivity index is 2.83. The maximum absolute atomic E-state index is 11.9. The molecule has 0 aliphatic heterocycles. The van der Waals surface area contributed by atoms with Gasteiger partial charge in [0.25, 0.3) is 0 Å². The van der Waals surface area contributed by atoms with E-state index < -0.39 is 5.97 Å². The lowest BCUT2D eigenvalue weighted by Crippen LogP contribution is -2.05. The maximum atomic E-state index is 11.9. The van der Waals surface area contributed by atoms with Crippen molar-refractivity contribution in [2.45, 2.75) is 6.92 Å². The number of esters is 1. The van der Waals surface area contributed by atoms with Crippen molar-refractivity contribution in [3.63, 3.8) is 0 Å². The van der Waals surface area contributed by atoms with E-state index in [0.717, 1.165) is 16.5 Å². The second-order valence-corrected chi connectivity index (χ2v) is 4.16. The summed E-state index contributed by atoms with van der Waals surface area (Å²) in [6, 6.07) is 3.76. The minimum Gasteiger partial charge on any atom is -0.496 e. The zero-order valence-corrected chi connectivity index (χ0v) is 11.8. The number of aromatic nitrogens is 1. The van der Waals surface area contributed by atoms with Crippen molar-refractivity contribution in [3.8, 4) is 5.75 Å². The van der Waals surface area contributed by atoms with Gasteiger partial charge in [0.2, 0.25) is 0 Å². The first-order valence-electron chi connectivity index (χ1n) is 5.98. The van der Waals surface area contributed by atoms with Gasteiger partial charge in [-0.15, -0.1) is 0 Å². The second kappa shape index (κ2) is 5.64. The Kier molecular flexibility index (Phi) is 3.93. The van der Waals surface area contributed by atoms with Gasteiger partial charge in [0, 0.05) is 5.56 Å². The van der Waals surface area contributed by atoms with E-state index >= 15 is 0 Å². The molecule has 106 valence electrons.